The lowest BCUT2D eigenvalue weighted by atomic mass is 9.96. The molecule has 0 bridgehead atoms. The zero-order valence-corrected chi connectivity index (χ0v) is 12.4. The summed E-state index contributed by atoms with van der Waals surface area (Å²) in [5.74, 6) is 1.02. The van der Waals surface area contributed by atoms with Crippen LogP contribution in [0, 0.1) is 5.92 Å². The summed E-state index contributed by atoms with van der Waals surface area (Å²) in [6.07, 6.45) is 2.56. The van der Waals surface area contributed by atoms with Crippen molar-refractivity contribution in [1.82, 2.24) is 4.90 Å². The molecule has 2 unspecified atom stereocenters. The normalized spacial score (nSPS) is 22.9. The Balaban J connectivity index is 2.18. The van der Waals surface area contributed by atoms with Gasteiger partial charge in [-0.05, 0) is 58.9 Å². The number of halogens is 1. The average molecular weight is 313 g/mol. The van der Waals surface area contributed by atoms with E-state index < -0.39 is 0 Å². The summed E-state index contributed by atoms with van der Waals surface area (Å²) >= 11 is 3.37. The third-order valence-electron chi connectivity index (χ3n) is 3.71. The number of rotatable bonds is 3. The highest BCUT2D eigenvalue weighted by Crippen LogP contribution is 2.31. The molecule has 0 aromatic heterocycles. The zero-order valence-electron chi connectivity index (χ0n) is 10.8. The van der Waals surface area contributed by atoms with Crippen LogP contribution in [0.5, 0.6) is 5.75 Å². The SMILES string of the molecule is CC1CCCN(C(CN)c2ccc(O)c(Br)c2)C1. The van der Waals surface area contributed by atoms with Crippen molar-refractivity contribution < 1.29 is 5.11 Å². The molecule has 2 atom stereocenters. The molecule has 1 aromatic rings. The molecule has 18 heavy (non-hydrogen) atoms. The molecule has 1 saturated heterocycles. The number of nitrogens with two attached hydrogens (primary N) is 1. The summed E-state index contributed by atoms with van der Waals surface area (Å²) in [7, 11) is 0. The molecule has 1 aliphatic rings. The van der Waals surface area contributed by atoms with Gasteiger partial charge >= 0.3 is 0 Å². The van der Waals surface area contributed by atoms with Crippen LogP contribution < -0.4 is 5.73 Å². The average Bonchev–Trinajstić information content (AvgIpc) is 2.35. The number of aromatic hydroxyl groups is 1. The minimum absolute atomic E-state index is 0.254. The van der Waals surface area contributed by atoms with E-state index in [0.29, 0.717) is 6.54 Å². The molecule has 0 radical (unpaired) electrons. The molecule has 1 aromatic carbocycles. The fraction of sp³-hybridized carbons (Fsp3) is 0.571. The van der Waals surface area contributed by atoms with Gasteiger partial charge in [0, 0.05) is 19.1 Å². The van der Waals surface area contributed by atoms with Crippen molar-refractivity contribution in [3.63, 3.8) is 0 Å². The van der Waals surface area contributed by atoms with Gasteiger partial charge < -0.3 is 10.8 Å². The first-order valence-electron chi connectivity index (χ1n) is 6.54. The van der Waals surface area contributed by atoms with E-state index in [4.69, 9.17) is 5.73 Å². The fourth-order valence-electron chi connectivity index (χ4n) is 2.74. The Kier molecular flexibility index (Phi) is 4.65. The maximum Gasteiger partial charge on any atom is 0.129 e. The summed E-state index contributed by atoms with van der Waals surface area (Å²) in [5, 5.41) is 9.56. The van der Waals surface area contributed by atoms with Crippen LogP contribution in [-0.2, 0) is 0 Å². The summed E-state index contributed by atoms with van der Waals surface area (Å²) in [5.41, 5.74) is 7.13. The van der Waals surface area contributed by atoms with Crippen molar-refractivity contribution >= 4 is 15.9 Å². The van der Waals surface area contributed by atoms with Crippen LogP contribution in [-0.4, -0.2) is 29.6 Å². The van der Waals surface area contributed by atoms with Gasteiger partial charge in [0.1, 0.15) is 5.75 Å². The van der Waals surface area contributed by atoms with E-state index in [2.05, 4.69) is 27.8 Å². The summed E-state index contributed by atoms with van der Waals surface area (Å²) in [6, 6.07) is 5.93. The largest absolute Gasteiger partial charge is 0.507 e. The van der Waals surface area contributed by atoms with Crippen molar-refractivity contribution in [2.75, 3.05) is 19.6 Å². The number of hydrogen-bond donors (Lipinski definition) is 2. The number of nitrogens with zero attached hydrogens (tertiary/aromatic N) is 1. The number of phenols is 1. The maximum absolute atomic E-state index is 9.56. The quantitative estimate of drug-likeness (QED) is 0.902. The molecule has 0 saturated carbocycles. The minimum atomic E-state index is 0.254. The van der Waals surface area contributed by atoms with Gasteiger partial charge in [-0.3, -0.25) is 4.90 Å². The molecule has 0 amide bonds. The third-order valence-corrected chi connectivity index (χ3v) is 4.34. The van der Waals surface area contributed by atoms with E-state index in [1.165, 1.54) is 18.4 Å². The topological polar surface area (TPSA) is 49.5 Å². The molecule has 2 rings (SSSR count). The van der Waals surface area contributed by atoms with Gasteiger partial charge in [-0.15, -0.1) is 0 Å². The smallest absolute Gasteiger partial charge is 0.129 e. The first-order valence-corrected chi connectivity index (χ1v) is 7.33. The van der Waals surface area contributed by atoms with Crippen LogP contribution in [0.25, 0.3) is 0 Å². The highest BCUT2D eigenvalue weighted by atomic mass is 79.9. The Labute approximate surface area is 117 Å². The third kappa shape index (κ3) is 3.05. The molecule has 3 N–H and O–H groups in total. The highest BCUT2D eigenvalue weighted by Gasteiger charge is 2.24. The van der Waals surface area contributed by atoms with E-state index in [-0.39, 0.29) is 11.8 Å². The standard InChI is InChI=1S/C14H21BrN2O/c1-10-3-2-6-17(9-10)13(8-16)11-4-5-14(18)12(15)7-11/h4-5,7,10,13,18H,2-3,6,8-9,16H2,1H3. The van der Waals surface area contributed by atoms with Crippen molar-refractivity contribution in [2.24, 2.45) is 11.7 Å². The van der Waals surface area contributed by atoms with Crippen LogP contribution >= 0.6 is 15.9 Å². The predicted octanol–water partition coefficient (Wildman–Crippen LogP) is 2.89. The predicted molar refractivity (Wildman–Crippen MR) is 77.6 cm³/mol. The molecule has 1 aliphatic heterocycles. The van der Waals surface area contributed by atoms with Gasteiger partial charge in [-0.2, -0.15) is 0 Å². The zero-order chi connectivity index (χ0) is 13.1. The summed E-state index contributed by atoms with van der Waals surface area (Å²) in [6.45, 7) is 5.14. The maximum atomic E-state index is 9.56. The van der Waals surface area contributed by atoms with Gasteiger partial charge in [-0.1, -0.05) is 13.0 Å². The Morgan fingerprint density at radius 3 is 2.94 bits per heavy atom. The Morgan fingerprint density at radius 2 is 2.33 bits per heavy atom. The molecule has 100 valence electrons. The lowest BCUT2D eigenvalue weighted by Crippen LogP contribution is -2.40. The molecule has 1 fully saturated rings. The minimum Gasteiger partial charge on any atom is -0.507 e. The number of benzene rings is 1. The van der Waals surface area contributed by atoms with Crippen LogP contribution in [0.15, 0.2) is 22.7 Å². The van der Waals surface area contributed by atoms with E-state index in [0.717, 1.165) is 23.5 Å². The van der Waals surface area contributed by atoms with Gasteiger partial charge in [0.15, 0.2) is 0 Å². The van der Waals surface area contributed by atoms with E-state index in [9.17, 15) is 5.11 Å². The van der Waals surface area contributed by atoms with Gasteiger partial charge in [-0.25, -0.2) is 0 Å². The van der Waals surface area contributed by atoms with Gasteiger partial charge in [0.05, 0.1) is 4.47 Å². The van der Waals surface area contributed by atoms with Gasteiger partial charge in [0.2, 0.25) is 0 Å². The molecular weight excluding hydrogens is 292 g/mol. The second-order valence-electron chi connectivity index (χ2n) is 5.20. The lowest BCUT2D eigenvalue weighted by molar-refractivity contribution is 0.133. The van der Waals surface area contributed by atoms with Crippen molar-refractivity contribution in [3.05, 3.63) is 28.2 Å². The molecule has 4 heteroatoms. The monoisotopic (exact) mass is 312 g/mol. The second-order valence-corrected chi connectivity index (χ2v) is 6.06. The number of hydrogen-bond acceptors (Lipinski definition) is 3. The molecule has 3 nitrogen and oxygen atoms in total. The fourth-order valence-corrected chi connectivity index (χ4v) is 3.13. The van der Waals surface area contributed by atoms with Crippen LogP contribution in [0.4, 0.5) is 0 Å². The Morgan fingerprint density at radius 1 is 1.56 bits per heavy atom. The number of likely N-dealkylation sites (tertiary alicyclic amines) is 1. The van der Waals surface area contributed by atoms with E-state index in [1.807, 2.05) is 12.1 Å². The van der Waals surface area contributed by atoms with E-state index in [1.54, 1.807) is 6.07 Å². The number of phenolic OH excluding ortho intramolecular Hbond substituents is 1. The molecule has 0 spiro atoms. The number of piperidine rings is 1. The van der Waals surface area contributed by atoms with Crippen molar-refractivity contribution in [1.29, 1.82) is 0 Å². The van der Waals surface area contributed by atoms with Crippen molar-refractivity contribution in [3.8, 4) is 5.75 Å². The first kappa shape index (κ1) is 13.8. The van der Waals surface area contributed by atoms with E-state index >= 15 is 0 Å². The van der Waals surface area contributed by atoms with Crippen molar-refractivity contribution in [2.45, 2.75) is 25.8 Å². The van der Waals surface area contributed by atoms with Crippen LogP contribution in [0.3, 0.4) is 0 Å². The van der Waals surface area contributed by atoms with Crippen LogP contribution in [0.1, 0.15) is 31.4 Å². The summed E-state index contributed by atoms with van der Waals surface area (Å²) < 4.78 is 0.739. The molecular formula is C14H21BrN2O. The van der Waals surface area contributed by atoms with Gasteiger partial charge in [0.25, 0.3) is 0 Å². The Bertz CT molecular complexity index is 411. The Hall–Kier alpha value is -0.580. The second kappa shape index (κ2) is 6.04. The van der Waals surface area contributed by atoms with Crippen LogP contribution in [0.2, 0.25) is 0 Å². The first-order chi connectivity index (χ1) is 8.61. The molecule has 0 aliphatic carbocycles. The highest BCUT2D eigenvalue weighted by molar-refractivity contribution is 9.10. The lowest BCUT2D eigenvalue weighted by Gasteiger charge is -2.37. The summed E-state index contributed by atoms with van der Waals surface area (Å²) in [4.78, 5) is 2.47. The molecule has 1 heterocycles.